The van der Waals surface area contributed by atoms with Crippen molar-refractivity contribution in [1.82, 2.24) is 9.80 Å². The monoisotopic (exact) mass is 309 g/mol. The van der Waals surface area contributed by atoms with E-state index in [-0.39, 0.29) is 5.82 Å². The fourth-order valence-electron chi connectivity index (χ4n) is 2.96. The molecule has 2 rings (SSSR count). The fourth-order valence-corrected chi connectivity index (χ4v) is 3.08. The van der Waals surface area contributed by atoms with Crippen molar-refractivity contribution in [1.29, 1.82) is 0 Å². The molecule has 1 aromatic carbocycles. The third-order valence-corrected chi connectivity index (χ3v) is 4.43. The fraction of sp³-hybridized carbons (Fsp3) is 0.562. The van der Waals surface area contributed by atoms with Crippen LogP contribution in [0.15, 0.2) is 18.2 Å². The van der Waals surface area contributed by atoms with Gasteiger partial charge >= 0.3 is 0 Å². The number of nitrogens with zero attached hydrogens (tertiary/aromatic N) is 2. The molecule has 0 aliphatic carbocycles. The molecule has 2 N–H and O–H groups in total. The van der Waals surface area contributed by atoms with E-state index in [1.807, 2.05) is 0 Å². The predicted molar refractivity (Wildman–Crippen MR) is 88.9 cm³/mol. The minimum atomic E-state index is -0.178. The van der Waals surface area contributed by atoms with Gasteiger partial charge in [-0.25, -0.2) is 4.39 Å². The summed E-state index contributed by atoms with van der Waals surface area (Å²) < 4.78 is 14.1. The minimum Gasteiger partial charge on any atom is -0.389 e. The summed E-state index contributed by atoms with van der Waals surface area (Å²) in [5.41, 5.74) is 7.07. The Kier molecular flexibility index (Phi) is 5.67. The van der Waals surface area contributed by atoms with Gasteiger partial charge in [0.1, 0.15) is 10.8 Å². The lowest BCUT2D eigenvalue weighted by Gasteiger charge is -2.30. The summed E-state index contributed by atoms with van der Waals surface area (Å²) in [6, 6.07) is 5.37. The van der Waals surface area contributed by atoms with E-state index in [4.69, 9.17) is 18.0 Å². The van der Waals surface area contributed by atoms with Gasteiger partial charge in [-0.3, -0.25) is 4.90 Å². The van der Waals surface area contributed by atoms with Crippen LogP contribution in [0.25, 0.3) is 0 Å². The molecule has 116 valence electrons. The molecule has 0 saturated carbocycles. The highest BCUT2D eigenvalue weighted by atomic mass is 32.1. The molecular weight excluding hydrogens is 285 g/mol. The molecule has 1 saturated heterocycles. The van der Waals surface area contributed by atoms with Gasteiger partial charge < -0.3 is 10.6 Å². The lowest BCUT2D eigenvalue weighted by Crippen LogP contribution is -2.39. The van der Waals surface area contributed by atoms with Crippen LogP contribution < -0.4 is 5.73 Å². The van der Waals surface area contributed by atoms with Gasteiger partial charge in [-0.15, -0.1) is 0 Å². The van der Waals surface area contributed by atoms with Gasteiger partial charge in [-0.1, -0.05) is 19.1 Å². The second-order valence-corrected chi connectivity index (χ2v) is 6.26. The average molecular weight is 309 g/mol. The number of hydrogen-bond acceptors (Lipinski definition) is 3. The molecular formula is C16H24FN3S. The summed E-state index contributed by atoms with van der Waals surface area (Å²) >= 11 is 4.99. The number of halogens is 1. The third-order valence-electron chi connectivity index (χ3n) is 4.20. The Morgan fingerprint density at radius 1 is 1.43 bits per heavy atom. The maximum Gasteiger partial charge on any atom is 0.127 e. The van der Waals surface area contributed by atoms with Crippen molar-refractivity contribution in [2.24, 2.45) is 5.73 Å². The molecule has 0 spiro atoms. The van der Waals surface area contributed by atoms with Crippen LogP contribution in [0.1, 0.15) is 30.9 Å². The van der Waals surface area contributed by atoms with Crippen molar-refractivity contribution in [3.05, 3.63) is 35.1 Å². The zero-order valence-electron chi connectivity index (χ0n) is 12.8. The first-order valence-corrected chi connectivity index (χ1v) is 7.93. The van der Waals surface area contributed by atoms with Crippen molar-refractivity contribution in [3.8, 4) is 0 Å². The lowest BCUT2D eigenvalue weighted by atomic mass is 10.1. The molecule has 3 nitrogen and oxygen atoms in total. The van der Waals surface area contributed by atoms with Crippen LogP contribution in [0.5, 0.6) is 0 Å². The first-order valence-electron chi connectivity index (χ1n) is 7.52. The smallest absolute Gasteiger partial charge is 0.127 e. The summed E-state index contributed by atoms with van der Waals surface area (Å²) in [6.07, 6.45) is 2.19. The number of benzene rings is 1. The van der Waals surface area contributed by atoms with Crippen LogP contribution in [-0.4, -0.2) is 47.5 Å². The largest absolute Gasteiger partial charge is 0.389 e. The van der Waals surface area contributed by atoms with Crippen LogP contribution in [0.2, 0.25) is 0 Å². The highest BCUT2D eigenvalue weighted by Gasteiger charge is 2.23. The molecule has 0 amide bonds. The molecule has 1 heterocycles. The second kappa shape index (κ2) is 7.29. The van der Waals surface area contributed by atoms with E-state index in [9.17, 15) is 4.39 Å². The number of rotatable bonds is 4. The number of nitrogens with two attached hydrogens (primary N) is 1. The number of thiocarbonyl (C=S) groups is 1. The van der Waals surface area contributed by atoms with Crippen molar-refractivity contribution >= 4 is 17.2 Å². The van der Waals surface area contributed by atoms with Crippen LogP contribution in [0, 0.1) is 5.82 Å². The van der Waals surface area contributed by atoms with E-state index in [0.717, 1.165) is 38.0 Å². The van der Waals surface area contributed by atoms with Crippen LogP contribution >= 0.6 is 12.2 Å². The van der Waals surface area contributed by atoms with Gasteiger partial charge in [-0.05, 0) is 44.6 Å². The standard InChI is InChI=1S/C16H24FN3S/c1-3-14-11-19(2)7-4-8-20(14)10-13-9-12(16(18)21)5-6-15(13)17/h5-6,9,14H,3-4,7-8,10-11H2,1-2H3,(H2,18,21). The van der Waals surface area contributed by atoms with Gasteiger partial charge in [0.15, 0.2) is 0 Å². The molecule has 5 heteroatoms. The first-order chi connectivity index (χ1) is 10.0. The zero-order valence-corrected chi connectivity index (χ0v) is 13.6. The Bertz CT molecular complexity index is 506. The van der Waals surface area contributed by atoms with E-state index in [0.29, 0.717) is 23.1 Å². The number of likely N-dealkylation sites (N-methyl/N-ethyl adjacent to an activating group) is 1. The normalized spacial score (nSPS) is 21.2. The van der Waals surface area contributed by atoms with Crippen LogP contribution in [0.4, 0.5) is 4.39 Å². The molecule has 1 atom stereocenters. The summed E-state index contributed by atoms with van der Waals surface area (Å²) in [6.45, 7) is 5.95. The van der Waals surface area contributed by atoms with Gasteiger partial charge in [0.05, 0.1) is 0 Å². The van der Waals surface area contributed by atoms with Crippen molar-refractivity contribution in [3.63, 3.8) is 0 Å². The van der Waals surface area contributed by atoms with Crippen molar-refractivity contribution < 1.29 is 4.39 Å². The van der Waals surface area contributed by atoms with Gasteiger partial charge in [0, 0.05) is 36.8 Å². The molecule has 0 bridgehead atoms. The van der Waals surface area contributed by atoms with E-state index in [1.54, 1.807) is 12.1 Å². The van der Waals surface area contributed by atoms with Crippen LogP contribution in [0.3, 0.4) is 0 Å². The van der Waals surface area contributed by atoms with Crippen LogP contribution in [-0.2, 0) is 6.54 Å². The Labute approximate surface area is 131 Å². The molecule has 21 heavy (non-hydrogen) atoms. The summed E-state index contributed by atoms with van der Waals surface area (Å²) in [7, 11) is 2.15. The van der Waals surface area contributed by atoms with Gasteiger partial charge in [0.25, 0.3) is 0 Å². The summed E-state index contributed by atoms with van der Waals surface area (Å²) in [5.74, 6) is -0.178. The van der Waals surface area contributed by atoms with Crippen molar-refractivity contribution in [2.45, 2.75) is 32.4 Å². The predicted octanol–water partition coefficient (Wildman–Crippen LogP) is 2.38. The minimum absolute atomic E-state index is 0.178. The quantitative estimate of drug-likeness (QED) is 0.866. The molecule has 1 fully saturated rings. The first kappa shape index (κ1) is 16.3. The third kappa shape index (κ3) is 4.22. The zero-order chi connectivity index (χ0) is 15.4. The second-order valence-electron chi connectivity index (χ2n) is 5.82. The highest BCUT2D eigenvalue weighted by Crippen LogP contribution is 2.19. The van der Waals surface area contributed by atoms with E-state index >= 15 is 0 Å². The average Bonchev–Trinajstić information content (AvgIpc) is 2.62. The van der Waals surface area contributed by atoms with E-state index < -0.39 is 0 Å². The maximum absolute atomic E-state index is 14.1. The molecule has 1 unspecified atom stereocenters. The van der Waals surface area contributed by atoms with Gasteiger partial charge in [-0.2, -0.15) is 0 Å². The summed E-state index contributed by atoms with van der Waals surface area (Å²) in [5, 5.41) is 0. The van der Waals surface area contributed by atoms with E-state index in [1.165, 1.54) is 6.07 Å². The molecule has 0 radical (unpaired) electrons. The summed E-state index contributed by atoms with van der Waals surface area (Å²) in [4.78, 5) is 5.06. The maximum atomic E-state index is 14.1. The highest BCUT2D eigenvalue weighted by molar-refractivity contribution is 7.80. The lowest BCUT2D eigenvalue weighted by molar-refractivity contribution is 0.174. The Morgan fingerprint density at radius 3 is 2.86 bits per heavy atom. The molecule has 0 aromatic heterocycles. The topological polar surface area (TPSA) is 32.5 Å². The van der Waals surface area contributed by atoms with E-state index in [2.05, 4.69) is 23.8 Å². The number of hydrogen-bond donors (Lipinski definition) is 1. The molecule has 1 aliphatic rings. The Morgan fingerprint density at radius 2 is 2.19 bits per heavy atom. The molecule has 1 aliphatic heterocycles. The Balaban J connectivity index is 2.19. The van der Waals surface area contributed by atoms with Gasteiger partial charge in [0.2, 0.25) is 0 Å². The Hall–Kier alpha value is -1.04. The SMILES string of the molecule is CCC1CN(C)CCCN1Cc1cc(C(N)=S)ccc1F. The van der Waals surface area contributed by atoms with Crippen molar-refractivity contribution in [2.75, 3.05) is 26.7 Å². The molecule has 1 aromatic rings.